The van der Waals surface area contributed by atoms with Crippen molar-refractivity contribution in [2.24, 2.45) is 5.73 Å². The molecule has 15 heavy (non-hydrogen) atoms. The van der Waals surface area contributed by atoms with E-state index >= 15 is 0 Å². The van der Waals surface area contributed by atoms with E-state index in [4.69, 9.17) is 10.8 Å². The van der Waals surface area contributed by atoms with Gasteiger partial charge < -0.3 is 10.8 Å². The number of carboxylic acids is 1. The summed E-state index contributed by atoms with van der Waals surface area (Å²) in [6.07, 6.45) is 0. The highest BCUT2D eigenvalue weighted by molar-refractivity contribution is 9.10. The van der Waals surface area contributed by atoms with Crippen molar-refractivity contribution in [1.82, 2.24) is 0 Å². The van der Waals surface area contributed by atoms with E-state index < -0.39 is 12.0 Å². The number of nitrogens with two attached hydrogens (primary N) is 1. The van der Waals surface area contributed by atoms with Crippen molar-refractivity contribution in [3.8, 4) is 0 Å². The second-order valence-corrected chi connectivity index (χ2v) is 4.18. The molecule has 1 aromatic carbocycles. The van der Waals surface area contributed by atoms with Crippen molar-refractivity contribution >= 4 is 34.3 Å². The summed E-state index contributed by atoms with van der Waals surface area (Å²) in [6.45, 7) is 3.71. The Morgan fingerprint density at radius 1 is 1.40 bits per heavy atom. The Morgan fingerprint density at radius 2 is 1.80 bits per heavy atom. The van der Waals surface area contributed by atoms with E-state index in [9.17, 15) is 4.79 Å². The first-order valence-electron chi connectivity index (χ1n) is 4.18. The van der Waals surface area contributed by atoms with Crippen LogP contribution in [0.25, 0.3) is 0 Å². The average Bonchev–Trinajstić information content (AvgIpc) is 2.01. The lowest BCUT2D eigenvalue weighted by molar-refractivity contribution is -0.138. The molecule has 0 aromatic heterocycles. The highest BCUT2D eigenvalue weighted by Crippen LogP contribution is 2.24. The summed E-state index contributed by atoms with van der Waals surface area (Å²) in [4.78, 5) is 10.8. The van der Waals surface area contributed by atoms with Gasteiger partial charge in [-0.2, -0.15) is 0 Å². The van der Waals surface area contributed by atoms with Crippen LogP contribution in [0.5, 0.6) is 0 Å². The van der Waals surface area contributed by atoms with Crippen molar-refractivity contribution < 1.29 is 9.90 Å². The first-order chi connectivity index (χ1) is 6.43. The minimum atomic E-state index is -1.00. The summed E-state index contributed by atoms with van der Waals surface area (Å²) in [5, 5.41) is 8.82. The molecule has 1 atom stereocenters. The summed E-state index contributed by atoms with van der Waals surface area (Å²) in [6, 6.07) is 2.79. The fourth-order valence-corrected chi connectivity index (χ4v) is 2.22. The molecule has 0 bridgehead atoms. The molecule has 1 aromatic rings. The maximum absolute atomic E-state index is 10.8. The van der Waals surface area contributed by atoms with Gasteiger partial charge in [-0.05, 0) is 42.7 Å². The molecule has 0 amide bonds. The molecule has 5 heteroatoms. The third-order valence-electron chi connectivity index (χ3n) is 2.14. The molecule has 3 N–H and O–H groups in total. The standard InChI is InChI=1S/C10H12BrNO2.ClH/c1-5-3-7(11)4-6(2)8(5)9(12)10(13)14;/h3-4,9H,12H2,1-2H3,(H,13,14);1H. The van der Waals surface area contributed by atoms with Crippen LogP contribution in [-0.2, 0) is 4.79 Å². The minimum Gasteiger partial charge on any atom is -0.480 e. The van der Waals surface area contributed by atoms with E-state index in [-0.39, 0.29) is 12.4 Å². The van der Waals surface area contributed by atoms with E-state index in [2.05, 4.69) is 15.9 Å². The highest BCUT2D eigenvalue weighted by Gasteiger charge is 2.18. The van der Waals surface area contributed by atoms with Gasteiger partial charge in [0.05, 0.1) is 0 Å². The summed E-state index contributed by atoms with van der Waals surface area (Å²) in [5.74, 6) is -1.00. The SMILES string of the molecule is Cc1cc(Br)cc(C)c1C(N)C(=O)O.Cl. The van der Waals surface area contributed by atoms with Gasteiger partial charge in [0.25, 0.3) is 0 Å². The fraction of sp³-hybridized carbons (Fsp3) is 0.300. The van der Waals surface area contributed by atoms with Gasteiger partial charge in [0.15, 0.2) is 0 Å². The second kappa shape index (κ2) is 5.49. The molecule has 0 fully saturated rings. The number of aliphatic carboxylic acids is 1. The van der Waals surface area contributed by atoms with E-state index in [0.717, 1.165) is 15.6 Å². The normalized spacial score (nSPS) is 11.7. The molecule has 0 aliphatic rings. The summed E-state index contributed by atoms with van der Waals surface area (Å²) >= 11 is 3.35. The third kappa shape index (κ3) is 3.19. The van der Waals surface area contributed by atoms with Crippen molar-refractivity contribution in [2.45, 2.75) is 19.9 Å². The van der Waals surface area contributed by atoms with Gasteiger partial charge in [-0.1, -0.05) is 15.9 Å². The third-order valence-corrected chi connectivity index (χ3v) is 2.59. The Bertz CT molecular complexity index is 359. The summed E-state index contributed by atoms with van der Waals surface area (Å²) < 4.78 is 0.939. The molecule has 0 radical (unpaired) electrons. The van der Waals surface area contributed by atoms with Gasteiger partial charge in [0.1, 0.15) is 6.04 Å². The molecule has 84 valence electrons. The smallest absolute Gasteiger partial charge is 0.325 e. The monoisotopic (exact) mass is 293 g/mol. The van der Waals surface area contributed by atoms with Crippen molar-refractivity contribution in [2.75, 3.05) is 0 Å². The number of halogens is 2. The zero-order valence-corrected chi connectivity index (χ0v) is 10.9. The van der Waals surface area contributed by atoms with Crippen LogP contribution in [0.1, 0.15) is 22.7 Å². The van der Waals surface area contributed by atoms with Crippen LogP contribution in [0, 0.1) is 13.8 Å². The van der Waals surface area contributed by atoms with Gasteiger partial charge in [0, 0.05) is 4.47 Å². The molecule has 0 saturated carbocycles. The fourth-order valence-electron chi connectivity index (χ4n) is 1.54. The predicted molar refractivity (Wildman–Crippen MR) is 65.4 cm³/mol. The lowest BCUT2D eigenvalue weighted by Crippen LogP contribution is -2.22. The van der Waals surface area contributed by atoms with Gasteiger partial charge >= 0.3 is 5.97 Å². The van der Waals surface area contributed by atoms with Crippen LogP contribution >= 0.6 is 28.3 Å². The van der Waals surface area contributed by atoms with E-state index in [1.54, 1.807) is 0 Å². The van der Waals surface area contributed by atoms with Gasteiger partial charge in [-0.15, -0.1) is 12.4 Å². The van der Waals surface area contributed by atoms with Crippen LogP contribution in [0.3, 0.4) is 0 Å². The van der Waals surface area contributed by atoms with E-state index in [0.29, 0.717) is 5.56 Å². The molecule has 0 saturated heterocycles. The number of hydrogen-bond acceptors (Lipinski definition) is 2. The number of benzene rings is 1. The summed E-state index contributed by atoms with van der Waals surface area (Å²) in [5.41, 5.74) is 8.06. The Morgan fingerprint density at radius 3 is 2.13 bits per heavy atom. The maximum atomic E-state index is 10.8. The van der Waals surface area contributed by atoms with Crippen molar-refractivity contribution in [3.63, 3.8) is 0 Å². The molecule has 1 rings (SSSR count). The molecular formula is C10H13BrClNO2. The first-order valence-corrected chi connectivity index (χ1v) is 4.98. The lowest BCUT2D eigenvalue weighted by atomic mass is 9.97. The van der Waals surface area contributed by atoms with E-state index in [1.807, 2.05) is 26.0 Å². The second-order valence-electron chi connectivity index (χ2n) is 3.27. The number of rotatable bonds is 2. The molecule has 0 spiro atoms. The number of carbonyl (C=O) groups is 1. The van der Waals surface area contributed by atoms with Crippen molar-refractivity contribution in [1.29, 1.82) is 0 Å². The predicted octanol–water partition coefficient (Wildman–Crippen LogP) is 2.57. The van der Waals surface area contributed by atoms with Crippen LogP contribution < -0.4 is 5.73 Å². The molecule has 0 heterocycles. The minimum absolute atomic E-state index is 0. The maximum Gasteiger partial charge on any atom is 0.325 e. The largest absolute Gasteiger partial charge is 0.480 e. The number of carboxylic acid groups (broad SMARTS) is 1. The molecule has 0 aliphatic heterocycles. The number of aryl methyl sites for hydroxylation is 2. The van der Waals surface area contributed by atoms with Gasteiger partial charge in [0.2, 0.25) is 0 Å². The molecule has 1 unspecified atom stereocenters. The highest BCUT2D eigenvalue weighted by atomic mass is 79.9. The summed E-state index contributed by atoms with van der Waals surface area (Å²) in [7, 11) is 0. The Kier molecular flexibility index (Phi) is 5.28. The van der Waals surface area contributed by atoms with Crippen LogP contribution in [0.15, 0.2) is 16.6 Å². The first kappa shape index (κ1) is 14.4. The molecule has 3 nitrogen and oxygen atoms in total. The topological polar surface area (TPSA) is 63.3 Å². The van der Waals surface area contributed by atoms with Gasteiger partial charge in [-0.3, -0.25) is 4.79 Å². The average molecular weight is 295 g/mol. The Hall–Kier alpha value is -0.580. The molecular weight excluding hydrogens is 281 g/mol. The Balaban J connectivity index is 0.00000196. The molecule has 0 aliphatic carbocycles. The van der Waals surface area contributed by atoms with Crippen molar-refractivity contribution in [3.05, 3.63) is 33.3 Å². The number of hydrogen-bond donors (Lipinski definition) is 2. The van der Waals surface area contributed by atoms with Crippen LogP contribution in [-0.4, -0.2) is 11.1 Å². The van der Waals surface area contributed by atoms with E-state index in [1.165, 1.54) is 0 Å². The van der Waals surface area contributed by atoms with Crippen LogP contribution in [0.2, 0.25) is 0 Å². The zero-order valence-electron chi connectivity index (χ0n) is 8.45. The Labute approximate surface area is 103 Å². The zero-order chi connectivity index (χ0) is 10.9. The lowest BCUT2D eigenvalue weighted by Gasteiger charge is -2.14. The van der Waals surface area contributed by atoms with Gasteiger partial charge in [-0.25, -0.2) is 0 Å². The van der Waals surface area contributed by atoms with Crippen LogP contribution in [0.4, 0.5) is 0 Å². The quantitative estimate of drug-likeness (QED) is 0.881.